The molecule has 0 aromatic rings. The number of carbonyl (C=O) groups excluding carboxylic acids is 6. The van der Waals surface area contributed by atoms with Crippen molar-refractivity contribution in [2.24, 2.45) is 94.7 Å². The Bertz CT molecular complexity index is 1290. The summed E-state index contributed by atoms with van der Waals surface area (Å²) < 4.78 is 24.3. The highest BCUT2D eigenvalue weighted by Crippen LogP contribution is 2.69. The second-order valence-electron chi connectivity index (χ2n) is 20.3. The van der Waals surface area contributed by atoms with Crippen LogP contribution >= 0.6 is 0 Å². The second-order valence-corrected chi connectivity index (χ2v) is 20.3. The molecule has 0 aliphatic heterocycles. The van der Waals surface area contributed by atoms with Gasteiger partial charge in [-0.15, -0.1) is 0 Å². The van der Waals surface area contributed by atoms with E-state index in [9.17, 15) is 19.2 Å². The summed E-state index contributed by atoms with van der Waals surface area (Å²) in [5.41, 5.74) is 0. The zero-order valence-electron chi connectivity index (χ0n) is 39.9. The lowest BCUT2D eigenvalue weighted by Crippen LogP contribution is -2.59. The zero-order valence-corrected chi connectivity index (χ0v) is 39.9. The van der Waals surface area contributed by atoms with Gasteiger partial charge in [-0.1, -0.05) is 132 Å². The SMILES string of the molecule is CCCCC(CC)COC(=O)C1C2CC(C1C(=O)OCC(CC)CCCC)C1C(=O)C3C4CC(C(C(=O)OCC(CC)CCCC)C4C(=O)OCC(CC)CCCC)C3C(=O)C21. The third-order valence-electron chi connectivity index (χ3n) is 16.7. The molecule has 0 spiro atoms. The smallest absolute Gasteiger partial charge is 0.310 e. The minimum Gasteiger partial charge on any atom is -0.465 e. The lowest BCUT2D eigenvalue weighted by Gasteiger charge is -2.48. The predicted molar refractivity (Wildman–Crippen MR) is 238 cm³/mol. The van der Waals surface area contributed by atoms with Crippen molar-refractivity contribution in [2.75, 3.05) is 26.4 Å². The summed E-state index contributed by atoms with van der Waals surface area (Å²) in [6.45, 7) is 17.9. The average molecular weight is 869 g/mol. The number of hydrogen-bond donors (Lipinski definition) is 0. The summed E-state index contributed by atoms with van der Waals surface area (Å²) in [5.74, 6) is -9.86. The summed E-state index contributed by atoms with van der Waals surface area (Å²) in [6.07, 6.45) is 16.3. The Labute approximate surface area is 374 Å². The second kappa shape index (κ2) is 23.9. The lowest BCUT2D eigenvalue weighted by atomic mass is 9.53. The molecule has 0 heterocycles. The van der Waals surface area contributed by atoms with Crippen LogP contribution in [-0.2, 0) is 47.7 Å². The molecule has 0 aromatic heterocycles. The molecule has 62 heavy (non-hydrogen) atoms. The van der Waals surface area contributed by atoms with Gasteiger partial charge in [0.2, 0.25) is 0 Å². The summed E-state index contributed by atoms with van der Waals surface area (Å²) in [7, 11) is 0. The highest BCUT2D eigenvalue weighted by atomic mass is 16.5. The van der Waals surface area contributed by atoms with E-state index < -0.39 is 94.9 Å². The molecule has 0 aromatic carbocycles. The van der Waals surface area contributed by atoms with Crippen molar-refractivity contribution >= 4 is 35.4 Å². The quantitative estimate of drug-likeness (QED) is 0.0551. The van der Waals surface area contributed by atoms with Gasteiger partial charge in [0.1, 0.15) is 11.6 Å². The van der Waals surface area contributed by atoms with Crippen LogP contribution in [0.1, 0.15) is 171 Å². The van der Waals surface area contributed by atoms with Crippen LogP contribution in [0.25, 0.3) is 0 Å². The normalized spacial score (nSPS) is 32.5. The maximum Gasteiger partial charge on any atom is 0.310 e. The molecule has 16 atom stereocenters. The van der Waals surface area contributed by atoms with Gasteiger partial charge in [-0.25, -0.2) is 0 Å². The van der Waals surface area contributed by atoms with Crippen LogP contribution in [-0.4, -0.2) is 61.9 Å². The van der Waals surface area contributed by atoms with Crippen molar-refractivity contribution in [1.29, 1.82) is 0 Å². The van der Waals surface area contributed by atoms with Crippen LogP contribution in [0.15, 0.2) is 0 Å². The molecule has 0 N–H and O–H groups in total. The van der Waals surface area contributed by atoms with E-state index in [4.69, 9.17) is 18.9 Å². The monoisotopic (exact) mass is 869 g/mol. The van der Waals surface area contributed by atoms with E-state index >= 15 is 9.59 Å². The molecule has 0 saturated heterocycles. The van der Waals surface area contributed by atoms with Gasteiger partial charge in [0.05, 0.1) is 50.1 Å². The molecule has 10 heteroatoms. The molecule has 10 nitrogen and oxygen atoms in total. The standard InChI is InChI=1S/C52H84O10/c1-9-17-21-31(13-5)27-59-49(55)43-35-25-36(44(43)50(56)60-28-32(14-6)22-18-10-2)40-39(35)47(53)41-37-26-38(42(41)48(40)54)46(52(58)62-30-34(16-8)24-20-12-4)45(37)51(57)61-29-33(15-7)23-19-11-3/h31-46H,9-30H2,1-8H3. The Morgan fingerprint density at radius 2 is 0.613 bits per heavy atom. The van der Waals surface area contributed by atoms with Crippen molar-refractivity contribution in [3.63, 3.8) is 0 Å². The molecule has 5 saturated carbocycles. The van der Waals surface area contributed by atoms with Crippen LogP contribution in [0.2, 0.25) is 0 Å². The van der Waals surface area contributed by atoms with Crippen LogP contribution in [0.5, 0.6) is 0 Å². The number of unbranched alkanes of at least 4 members (excludes halogenated alkanes) is 4. The Morgan fingerprint density at radius 1 is 0.403 bits per heavy atom. The van der Waals surface area contributed by atoms with Crippen LogP contribution in [0, 0.1) is 94.7 Å². The van der Waals surface area contributed by atoms with Gasteiger partial charge in [0.15, 0.2) is 0 Å². The molecule has 0 radical (unpaired) electrons. The van der Waals surface area contributed by atoms with Gasteiger partial charge >= 0.3 is 23.9 Å². The molecular weight excluding hydrogens is 785 g/mol. The molecular formula is C52H84O10. The van der Waals surface area contributed by atoms with Crippen LogP contribution in [0.4, 0.5) is 0 Å². The fourth-order valence-electron chi connectivity index (χ4n) is 12.9. The fourth-order valence-corrected chi connectivity index (χ4v) is 12.9. The number of hydrogen-bond acceptors (Lipinski definition) is 10. The number of esters is 4. The molecule has 5 rings (SSSR count). The van der Waals surface area contributed by atoms with Gasteiger partial charge in [0, 0.05) is 23.7 Å². The van der Waals surface area contributed by atoms with Crippen LogP contribution < -0.4 is 0 Å². The number of ether oxygens (including phenoxy) is 4. The van der Waals surface area contributed by atoms with E-state index in [-0.39, 0.29) is 61.7 Å². The van der Waals surface area contributed by atoms with Crippen molar-refractivity contribution < 1.29 is 47.7 Å². The van der Waals surface area contributed by atoms with Crippen molar-refractivity contribution in [3.05, 3.63) is 0 Å². The first-order valence-corrected chi connectivity index (χ1v) is 25.7. The molecule has 5 fully saturated rings. The third-order valence-corrected chi connectivity index (χ3v) is 16.7. The van der Waals surface area contributed by atoms with Crippen molar-refractivity contribution in [3.8, 4) is 0 Å². The lowest BCUT2D eigenvalue weighted by molar-refractivity contribution is -0.178. The molecule has 5 aliphatic rings. The number of rotatable bonds is 28. The molecule has 4 bridgehead atoms. The minimum atomic E-state index is -0.878. The number of Topliss-reactive ketones (excluding diaryl/α,β-unsaturated/α-hetero) is 2. The molecule has 0 amide bonds. The predicted octanol–water partition coefficient (Wildman–Crippen LogP) is 10.4. The van der Waals surface area contributed by atoms with Crippen molar-refractivity contribution in [1.82, 2.24) is 0 Å². The number of carbonyl (C=O) groups is 6. The Hall–Kier alpha value is -2.78. The maximum atomic E-state index is 15.2. The van der Waals surface area contributed by atoms with E-state index in [2.05, 4.69) is 55.4 Å². The van der Waals surface area contributed by atoms with E-state index in [1.54, 1.807) is 0 Å². The number of fused-ring (bicyclic) bond motifs is 10. The summed E-state index contributed by atoms with van der Waals surface area (Å²) in [5, 5.41) is 0. The van der Waals surface area contributed by atoms with Gasteiger partial charge < -0.3 is 18.9 Å². The first-order valence-electron chi connectivity index (χ1n) is 25.7. The first-order chi connectivity index (χ1) is 30.0. The Morgan fingerprint density at radius 3 is 0.790 bits per heavy atom. The topological polar surface area (TPSA) is 139 Å². The van der Waals surface area contributed by atoms with Gasteiger partial charge in [-0.3, -0.25) is 28.8 Å². The maximum absolute atomic E-state index is 15.2. The molecule has 16 unspecified atom stereocenters. The van der Waals surface area contributed by atoms with Gasteiger partial charge in [-0.05, 0) is 85.9 Å². The zero-order chi connectivity index (χ0) is 45.1. The van der Waals surface area contributed by atoms with E-state index in [1.807, 2.05) is 0 Å². The van der Waals surface area contributed by atoms with Crippen molar-refractivity contribution in [2.45, 2.75) is 171 Å². The highest BCUT2D eigenvalue weighted by molar-refractivity contribution is 6.04. The molecule has 352 valence electrons. The average Bonchev–Trinajstić information content (AvgIpc) is 4.07. The summed E-state index contributed by atoms with van der Waals surface area (Å²) >= 11 is 0. The summed E-state index contributed by atoms with van der Waals surface area (Å²) in [4.78, 5) is 87.7. The first kappa shape index (κ1) is 50.2. The molecule has 5 aliphatic carbocycles. The van der Waals surface area contributed by atoms with E-state index in [0.29, 0.717) is 12.8 Å². The van der Waals surface area contributed by atoms with E-state index in [0.717, 1.165) is 103 Å². The van der Waals surface area contributed by atoms with Gasteiger partial charge in [-0.2, -0.15) is 0 Å². The Balaban J connectivity index is 1.44. The van der Waals surface area contributed by atoms with Crippen LogP contribution in [0.3, 0.4) is 0 Å². The number of ketones is 2. The largest absolute Gasteiger partial charge is 0.465 e. The van der Waals surface area contributed by atoms with Gasteiger partial charge in [0.25, 0.3) is 0 Å². The third kappa shape index (κ3) is 10.8. The Kier molecular flexibility index (Phi) is 19.4. The summed E-state index contributed by atoms with van der Waals surface area (Å²) in [6, 6.07) is 0. The minimum absolute atomic E-state index is 0.0891. The van der Waals surface area contributed by atoms with E-state index in [1.165, 1.54) is 0 Å². The highest BCUT2D eigenvalue weighted by Gasteiger charge is 2.75. The fraction of sp³-hybridized carbons (Fsp3) is 0.885.